The molecule has 0 aromatic heterocycles. The van der Waals surface area contributed by atoms with E-state index in [-0.39, 0.29) is 5.75 Å². The van der Waals surface area contributed by atoms with E-state index in [2.05, 4.69) is 0 Å². The van der Waals surface area contributed by atoms with Gasteiger partial charge in [-0.3, -0.25) is 0 Å². The molecule has 0 saturated heterocycles. The van der Waals surface area contributed by atoms with Gasteiger partial charge in [-0.15, -0.1) is 0 Å². The number of ether oxygens (including phenoxy) is 1. The highest BCUT2D eigenvalue weighted by atomic mass is 19.4. The van der Waals surface area contributed by atoms with Crippen molar-refractivity contribution in [1.29, 1.82) is 0 Å². The Bertz CT molecular complexity index is 537. The lowest BCUT2D eigenvalue weighted by Gasteiger charge is -2.12. The zero-order valence-electron chi connectivity index (χ0n) is 8.79. The van der Waals surface area contributed by atoms with Crippen LogP contribution in [0.25, 0.3) is 10.8 Å². The molecule has 5 heteroatoms. The van der Waals surface area contributed by atoms with E-state index in [1.807, 2.05) is 0 Å². The highest BCUT2D eigenvalue weighted by Gasteiger charge is 2.28. The van der Waals surface area contributed by atoms with E-state index >= 15 is 0 Å². The van der Waals surface area contributed by atoms with Crippen molar-refractivity contribution < 1.29 is 17.9 Å². The summed E-state index contributed by atoms with van der Waals surface area (Å²) in [6, 6.07) is 9.90. The van der Waals surface area contributed by atoms with Gasteiger partial charge in [0.05, 0.1) is 0 Å². The summed E-state index contributed by atoms with van der Waals surface area (Å²) in [7, 11) is 0. The van der Waals surface area contributed by atoms with E-state index in [1.165, 1.54) is 12.1 Å². The Labute approximate surface area is 95.8 Å². The molecule has 0 atom stereocenters. The monoisotopic (exact) mass is 241 g/mol. The Kier molecular flexibility index (Phi) is 2.83. The summed E-state index contributed by atoms with van der Waals surface area (Å²) < 4.78 is 41.0. The topological polar surface area (TPSA) is 35.2 Å². The summed E-state index contributed by atoms with van der Waals surface area (Å²) in [6.07, 6.45) is -4.34. The average Bonchev–Trinajstić information content (AvgIpc) is 2.27. The minimum Gasteiger partial charge on any atom is -0.483 e. The zero-order valence-corrected chi connectivity index (χ0v) is 8.79. The van der Waals surface area contributed by atoms with E-state index in [4.69, 9.17) is 10.5 Å². The van der Waals surface area contributed by atoms with Gasteiger partial charge in [0, 0.05) is 16.5 Å². The van der Waals surface area contributed by atoms with Crippen molar-refractivity contribution in [2.24, 2.45) is 0 Å². The summed E-state index contributed by atoms with van der Waals surface area (Å²) in [5.74, 6) is 0.187. The van der Waals surface area contributed by atoms with Gasteiger partial charge in [0.15, 0.2) is 6.61 Å². The lowest BCUT2D eigenvalue weighted by Crippen LogP contribution is -2.19. The Morgan fingerprint density at radius 2 is 1.65 bits per heavy atom. The van der Waals surface area contributed by atoms with Crippen molar-refractivity contribution in [2.45, 2.75) is 6.18 Å². The second kappa shape index (κ2) is 4.16. The number of nitrogens with two attached hydrogens (primary N) is 1. The summed E-state index contributed by atoms with van der Waals surface area (Å²) in [5.41, 5.74) is 6.24. The van der Waals surface area contributed by atoms with E-state index in [1.54, 1.807) is 24.3 Å². The van der Waals surface area contributed by atoms with Crippen LogP contribution in [0.5, 0.6) is 5.75 Å². The van der Waals surface area contributed by atoms with Crippen LogP contribution in [-0.2, 0) is 0 Å². The fourth-order valence-corrected chi connectivity index (χ4v) is 1.58. The lowest BCUT2D eigenvalue weighted by molar-refractivity contribution is -0.153. The molecule has 0 saturated carbocycles. The molecule has 0 fully saturated rings. The third-order valence-corrected chi connectivity index (χ3v) is 2.31. The number of nitrogen functional groups attached to an aromatic ring is 1. The minimum absolute atomic E-state index is 0.187. The first-order valence-electron chi connectivity index (χ1n) is 4.94. The quantitative estimate of drug-likeness (QED) is 0.818. The van der Waals surface area contributed by atoms with Gasteiger partial charge in [0.2, 0.25) is 0 Å². The first-order chi connectivity index (χ1) is 7.97. The predicted octanol–water partition coefficient (Wildman–Crippen LogP) is 3.36. The van der Waals surface area contributed by atoms with Crippen LogP contribution >= 0.6 is 0 Å². The molecule has 0 heterocycles. The van der Waals surface area contributed by atoms with Crippen LogP contribution < -0.4 is 10.5 Å². The highest BCUT2D eigenvalue weighted by molar-refractivity contribution is 5.96. The molecule has 0 bridgehead atoms. The molecule has 2 aromatic rings. The van der Waals surface area contributed by atoms with Crippen molar-refractivity contribution >= 4 is 16.5 Å². The second-order valence-corrected chi connectivity index (χ2v) is 3.60. The van der Waals surface area contributed by atoms with E-state index in [0.717, 1.165) is 0 Å². The zero-order chi connectivity index (χ0) is 12.5. The van der Waals surface area contributed by atoms with Gasteiger partial charge in [0.1, 0.15) is 5.75 Å². The molecule has 2 N–H and O–H groups in total. The summed E-state index contributed by atoms with van der Waals surface area (Å²) >= 11 is 0. The van der Waals surface area contributed by atoms with Crippen LogP contribution in [0.4, 0.5) is 18.9 Å². The van der Waals surface area contributed by atoms with Crippen LogP contribution in [0.2, 0.25) is 0 Å². The van der Waals surface area contributed by atoms with Gasteiger partial charge in [-0.2, -0.15) is 13.2 Å². The smallest absolute Gasteiger partial charge is 0.422 e. The fraction of sp³-hybridized carbons (Fsp3) is 0.167. The third kappa shape index (κ3) is 2.61. The number of halogens is 3. The first kappa shape index (κ1) is 11.6. The number of hydrogen-bond donors (Lipinski definition) is 1. The van der Waals surface area contributed by atoms with Gasteiger partial charge in [0.25, 0.3) is 0 Å². The molecule has 2 rings (SSSR count). The average molecular weight is 241 g/mol. The van der Waals surface area contributed by atoms with Crippen molar-refractivity contribution in [1.82, 2.24) is 0 Å². The van der Waals surface area contributed by atoms with Gasteiger partial charge in [-0.25, -0.2) is 0 Å². The van der Waals surface area contributed by atoms with Crippen LogP contribution in [-0.4, -0.2) is 12.8 Å². The molecule has 0 unspecified atom stereocenters. The number of hydrogen-bond acceptors (Lipinski definition) is 2. The maximum Gasteiger partial charge on any atom is 0.422 e. The summed E-state index contributed by atoms with van der Waals surface area (Å²) in [5, 5.41) is 1.27. The van der Waals surface area contributed by atoms with Crippen molar-refractivity contribution in [2.75, 3.05) is 12.3 Å². The number of rotatable bonds is 2. The number of alkyl halides is 3. The van der Waals surface area contributed by atoms with Crippen molar-refractivity contribution in [3.05, 3.63) is 36.4 Å². The fourth-order valence-electron chi connectivity index (χ4n) is 1.58. The number of benzene rings is 2. The Morgan fingerprint density at radius 1 is 1.00 bits per heavy atom. The van der Waals surface area contributed by atoms with Crippen molar-refractivity contribution in [3.8, 4) is 5.75 Å². The maximum atomic E-state index is 12.1. The second-order valence-electron chi connectivity index (χ2n) is 3.60. The first-order valence-corrected chi connectivity index (χ1v) is 4.94. The van der Waals surface area contributed by atoms with Gasteiger partial charge in [-0.1, -0.05) is 24.3 Å². The molecule has 2 nitrogen and oxygen atoms in total. The Morgan fingerprint density at radius 3 is 2.29 bits per heavy atom. The third-order valence-electron chi connectivity index (χ3n) is 2.31. The molecular formula is C12H10F3NO. The van der Waals surface area contributed by atoms with Crippen molar-refractivity contribution in [3.63, 3.8) is 0 Å². The Balaban J connectivity index is 2.38. The highest BCUT2D eigenvalue weighted by Crippen LogP contribution is 2.30. The molecule has 0 amide bonds. The normalized spacial score (nSPS) is 11.7. The van der Waals surface area contributed by atoms with Crippen LogP contribution in [0.3, 0.4) is 0 Å². The maximum absolute atomic E-state index is 12.1. The van der Waals surface area contributed by atoms with E-state index < -0.39 is 12.8 Å². The summed E-state index contributed by atoms with van der Waals surface area (Å²) in [4.78, 5) is 0. The molecule has 90 valence electrons. The lowest BCUT2D eigenvalue weighted by atomic mass is 10.1. The molecule has 0 radical (unpaired) electrons. The van der Waals surface area contributed by atoms with Crippen LogP contribution in [0.1, 0.15) is 0 Å². The molecule has 17 heavy (non-hydrogen) atoms. The van der Waals surface area contributed by atoms with E-state index in [0.29, 0.717) is 16.5 Å². The summed E-state index contributed by atoms with van der Waals surface area (Å²) in [6.45, 7) is -1.30. The predicted molar refractivity (Wildman–Crippen MR) is 59.9 cm³/mol. The van der Waals surface area contributed by atoms with E-state index in [9.17, 15) is 13.2 Å². The van der Waals surface area contributed by atoms with Crippen LogP contribution in [0, 0.1) is 0 Å². The van der Waals surface area contributed by atoms with Gasteiger partial charge < -0.3 is 10.5 Å². The minimum atomic E-state index is -4.34. The largest absolute Gasteiger partial charge is 0.483 e. The van der Waals surface area contributed by atoms with Crippen LogP contribution in [0.15, 0.2) is 36.4 Å². The molecular weight excluding hydrogens is 231 g/mol. The number of fused-ring (bicyclic) bond motifs is 1. The van der Waals surface area contributed by atoms with Gasteiger partial charge >= 0.3 is 6.18 Å². The molecule has 0 aliphatic heterocycles. The standard InChI is InChI=1S/C12H10F3NO/c13-12(14,15)7-17-11-6-5-10(16)8-3-1-2-4-9(8)11/h1-6H,7,16H2. The molecule has 2 aromatic carbocycles. The Hall–Kier alpha value is -1.91. The SMILES string of the molecule is Nc1ccc(OCC(F)(F)F)c2ccccc12. The van der Waals surface area contributed by atoms with Gasteiger partial charge in [-0.05, 0) is 12.1 Å². The molecule has 0 spiro atoms. The molecule has 0 aliphatic carbocycles. The molecule has 0 aliphatic rings. The number of anilines is 1.